The molecule has 1 aliphatic carbocycles. The van der Waals surface area contributed by atoms with Crippen LogP contribution in [-0.4, -0.2) is 11.0 Å². The van der Waals surface area contributed by atoms with E-state index in [0.717, 1.165) is 15.8 Å². The molecule has 1 fully saturated rings. The molecular formula is C13H13BrN2. The largest absolute Gasteiger partial charge is 0.366 e. The van der Waals surface area contributed by atoms with E-state index in [2.05, 4.69) is 57.4 Å². The van der Waals surface area contributed by atoms with Crippen molar-refractivity contribution in [3.8, 4) is 0 Å². The molecule has 0 bridgehead atoms. The van der Waals surface area contributed by atoms with Gasteiger partial charge in [0.25, 0.3) is 0 Å². The second-order valence-corrected chi connectivity index (χ2v) is 5.29. The van der Waals surface area contributed by atoms with Crippen molar-refractivity contribution in [2.24, 2.45) is 0 Å². The molecule has 0 radical (unpaired) electrons. The summed E-state index contributed by atoms with van der Waals surface area (Å²) in [5.41, 5.74) is 2.31. The van der Waals surface area contributed by atoms with Gasteiger partial charge in [-0.3, -0.25) is 0 Å². The van der Waals surface area contributed by atoms with Gasteiger partial charge in [-0.1, -0.05) is 12.1 Å². The summed E-state index contributed by atoms with van der Waals surface area (Å²) in [6.07, 6.45) is 2.53. The van der Waals surface area contributed by atoms with Gasteiger partial charge in [-0.2, -0.15) is 0 Å². The average Bonchev–Trinajstić information content (AvgIpc) is 3.04. The van der Waals surface area contributed by atoms with Crippen LogP contribution in [0.15, 0.2) is 28.7 Å². The lowest BCUT2D eigenvalue weighted by Crippen LogP contribution is -2.03. The minimum Gasteiger partial charge on any atom is -0.366 e. The summed E-state index contributed by atoms with van der Waals surface area (Å²) in [7, 11) is 0. The predicted molar refractivity (Wildman–Crippen MR) is 70.8 cm³/mol. The second kappa shape index (κ2) is 3.74. The minimum absolute atomic E-state index is 0.631. The third-order valence-corrected chi connectivity index (χ3v) is 3.45. The Labute approximate surface area is 103 Å². The lowest BCUT2D eigenvalue weighted by Gasteiger charge is -2.08. The van der Waals surface area contributed by atoms with Crippen molar-refractivity contribution in [3.63, 3.8) is 0 Å². The van der Waals surface area contributed by atoms with E-state index >= 15 is 0 Å². The van der Waals surface area contributed by atoms with Gasteiger partial charge >= 0.3 is 0 Å². The summed E-state index contributed by atoms with van der Waals surface area (Å²) in [5.74, 6) is 0.973. The van der Waals surface area contributed by atoms with E-state index in [1.807, 2.05) is 0 Å². The molecule has 1 aliphatic rings. The van der Waals surface area contributed by atoms with Gasteiger partial charge in [0, 0.05) is 11.4 Å². The number of nitrogens with zero attached hydrogens (tertiary/aromatic N) is 1. The van der Waals surface area contributed by atoms with E-state index in [1.54, 1.807) is 0 Å². The highest BCUT2D eigenvalue weighted by Gasteiger charge is 2.22. The number of pyridine rings is 1. The Morgan fingerprint density at radius 3 is 2.88 bits per heavy atom. The molecule has 1 N–H and O–H groups in total. The van der Waals surface area contributed by atoms with Gasteiger partial charge in [0.05, 0.1) is 9.99 Å². The van der Waals surface area contributed by atoms with Crippen LogP contribution >= 0.6 is 15.9 Å². The molecule has 2 nitrogen and oxygen atoms in total. The van der Waals surface area contributed by atoms with Crippen molar-refractivity contribution < 1.29 is 0 Å². The Bertz CT molecular complexity index is 547. The molecule has 0 unspecified atom stereocenters. The van der Waals surface area contributed by atoms with Crippen LogP contribution in [0.1, 0.15) is 18.4 Å². The van der Waals surface area contributed by atoms with Gasteiger partial charge in [-0.05, 0) is 53.4 Å². The SMILES string of the molecule is Cc1ccc2cc(Br)c(NC3CC3)nc2c1. The zero-order chi connectivity index (χ0) is 11.1. The first-order valence-electron chi connectivity index (χ1n) is 5.56. The van der Waals surface area contributed by atoms with E-state index in [4.69, 9.17) is 0 Å². The molecule has 0 spiro atoms. The number of nitrogens with one attached hydrogen (secondary N) is 1. The fourth-order valence-corrected chi connectivity index (χ4v) is 2.22. The quantitative estimate of drug-likeness (QED) is 0.901. The number of hydrogen-bond acceptors (Lipinski definition) is 2. The number of halogens is 1. The normalized spacial score (nSPS) is 15.4. The summed E-state index contributed by atoms with van der Waals surface area (Å²) < 4.78 is 1.05. The van der Waals surface area contributed by atoms with Crippen molar-refractivity contribution in [2.45, 2.75) is 25.8 Å². The number of aryl methyl sites for hydroxylation is 1. The molecule has 1 heterocycles. The molecule has 16 heavy (non-hydrogen) atoms. The van der Waals surface area contributed by atoms with Crippen molar-refractivity contribution in [3.05, 3.63) is 34.3 Å². The van der Waals surface area contributed by atoms with Crippen LogP contribution in [0.3, 0.4) is 0 Å². The Morgan fingerprint density at radius 1 is 1.31 bits per heavy atom. The van der Waals surface area contributed by atoms with Crippen molar-refractivity contribution >= 4 is 32.7 Å². The molecule has 0 amide bonds. The lowest BCUT2D eigenvalue weighted by atomic mass is 10.1. The Morgan fingerprint density at radius 2 is 2.12 bits per heavy atom. The lowest BCUT2D eigenvalue weighted by molar-refractivity contribution is 1.12. The number of fused-ring (bicyclic) bond motifs is 1. The van der Waals surface area contributed by atoms with Gasteiger partial charge in [-0.25, -0.2) is 4.98 Å². The fraction of sp³-hybridized carbons (Fsp3) is 0.308. The number of benzene rings is 1. The minimum atomic E-state index is 0.631. The Hall–Kier alpha value is -1.09. The maximum atomic E-state index is 4.66. The number of anilines is 1. The molecule has 2 aromatic rings. The number of aromatic nitrogens is 1. The molecule has 0 saturated heterocycles. The summed E-state index contributed by atoms with van der Waals surface area (Å²) in [5, 5.41) is 4.62. The Balaban J connectivity index is 2.10. The molecule has 1 aromatic heterocycles. The molecular weight excluding hydrogens is 264 g/mol. The van der Waals surface area contributed by atoms with Gasteiger partial charge in [0.1, 0.15) is 5.82 Å². The van der Waals surface area contributed by atoms with Crippen LogP contribution < -0.4 is 5.32 Å². The van der Waals surface area contributed by atoms with Gasteiger partial charge in [0.15, 0.2) is 0 Å². The maximum Gasteiger partial charge on any atom is 0.141 e. The van der Waals surface area contributed by atoms with Crippen LogP contribution in [0.25, 0.3) is 10.9 Å². The molecule has 0 aliphatic heterocycles. The first kappa shape index (κ1) is 10.1. The van der Waals surface area contributed by atoms with E-state index in [-0.39, 0.29) is 0 Å². The standard InChI is InChI=1S/C13H13BrN2/c1-8-2-3-9-7-11(14)13(15-10-4-5-10)16-12(9)6-8/h2-3,6-7,10H,4-5H2,1H3,(H,15,16). The summed E-state index contributed by atoms with van der Waals surface area (Å²) in [6.45, 7) is 2.09. The van der Waals surface area contributed by atoms with E-state index in [1.165, 1.54) is 23.8 Å². The molecule has 1 aromatic carbocycles. The molecule has 3 heteroatoms. The van der Waals surface area contributed by atoms with Crippen LogP contribution in [0, 0.1) is 6.92 Å². The monoisotopic (exact) mass is 276 g/mol. The van der Waals surface area contributed by atoms with E-state index in [0.29, 0.717) is 6.04 Å². The smallest absolute Gasteiger partial charge is 0.141 e. The first-order valence-corrected chi connectivity index (χ1v) is 6.35. The third-order valence-electron chi connectivity index (χ3n) is 2.84. The van der Waals surface area contributed by atoms with Crippen LogP contribution in [0.2, 0.25) is 0 Å². The zero-order valence-corrected chi connectivity index (χ0v) is 10.7. The molecule has 3 rings (SSSR count). The zero-order valence-electron chi connectivity index (χ0n) is 9.13. The summed E-state index contributed by atoms with van der Waals surface area (Å²) >= 11 is 3.57. The van der Waals surface area contributed by atoms with Crippen LogP contribution in [0.5, 0.6) is 0 Å². The van der Waals surface area contributed by atoms with Crippen molar-refractivity contribution in [1.29, 1.82) is 0 Å². The highest BCUT2D eigenvalue weighted by Crippen LogP contribution is 2.30. The first-order chi connectivity index (χ1) is 7.72. The van der Waals surface area contributed by atoms with E-state index in [9.17, 15) is 0 Å². The van der Waals surface area contributed by atoms with Crippen molar-refractivity contribution in [1.82, 2.24) is 4.98 Å². The van der Waals surface area contributed by atoms with Crippen molar-refractivity contribution in [2.75, 3.05) is 5.32 Å². The predicted octanol–water partition coefficient (Wildman–Crippen LogP) is 3.88. The van der Waals surface area contributed by atoms with Gasteiger partial charge in [-0.15, -0.1) is 0 Å². The molecule has 1 saturated carbocycles. The molecule has 82 valence electrons. The second-order valence-electron chi connectivity index (χ2n) is 4.43. The maximum absolute atomic E-state index is 4.66. The summed E-state index contributed by atoms with van der Waals surface area (Å²) in [6, 6.07) is 9.12. The number of rotatable bonds is 2. The van der Waals surface area contributed by atoms with Crippen LogP contribution in [0.4, 0.5) is 5.82 Å². The van der Waals surface area contributed by atoms with Gasteiger partial charge < -0.3 is 5.32 Å². The highest BCUT2D eigenvalue weighted by atomic mass is 79.9. The molecule has 0 atom stereocenters. The summed E-state index contributed by atoms with van der Waals surface area (Å²) in [4.78, 5) is 4.66. The average molecular weight is 277 g/mol. The topological polar surface area (TPSA) is 24.9 Å². The Kier molecular flexibility index (Phi) is 2.36. The highest BCUT2D eigenvalue weighted by molar-refractivity contribution is 9.10. The number of hydrogen-bond donors (Lipinski definition) is 1. The fourth-order valence-electron chi connectivity index (χ4n) is 1.77. The van der Waals surface area contributed by atoms with Gasteiger partial charge in [0.2, 0.25) is 0 Å². The van der Waals surface area contributed by atoms with Crippen LogP contribution in [-0.2, 0) is 0 Å². The van der Waals surface area contributed by atoms with E-state index < -0.39 is 0 Å². The third kappa shape index (κ3) is 1.92.